The zero-order valence-electron chi connectivity index (χ0n) is 32.1. The lowest BCUT2D eigenvalue weighted by atomic mass is 9.82. The van der Waals surface area contributed by atoms with Gasteiger partial charge in [-0.05, 0) is 85.8 Å². The quantitative estimate of drug-likeness (QED) is 0.101. The molecule has 3 aromatic heterocycles. The number of fused-ring (bicyclic) bond motifs is 1. The fraction of sp³-hybridized carbons (Fsp3) is 0.349. The molecule has 13 nitrogen and oxygen atoms in total. The maximum Gasteiger partial charge on any atom is 0.407 e. The third kappa shape index (κ3) is 11.1. The molecule has 15 heteroatoms. The molecule has 1 aliphatic heterocycles. The van der Waals surface area contributed by atoms with Crippen molar-refractivity contribution >= 4 is 51.2 Å². The van der Waals surface area contributed by atoms with E-state index in [-0.39, 0.29) is 36.9 Å². The van der Waals surface area contributed by atoms with Crippen molar-refractivity contribution in [3.8, 4) is 22.1 Å². The summed E-state index contributed by atoms with van der Waals surface area (Å²) in [5, 5.41) is 7.82. The summed E-state index contributed by atoms with van der Waals surface area (Å²) in [5.74, 6) is -0.314. The maximum atomic E-state index is 15.0. The van der Waals surface area contributed by atoms with Gasteiger partial charge in [-0.3, -0.25) is 19.6 Å². The van der Waals surface area contributed by atoms with Crippen molar-refractivity contribution in [2.45, 2.75) is 58.1 Å². The van der Waals surface area contributed by atoms with Crippen molar-refractivity contribution in [3.05, 3.63) is 102 Å². The Morgan fingerprint density at radius 2 is 1.74 bits per heavy atom. The van der Waals surface area contributed by atoms with Gasteiger partial charge in [-0.1, -0.05) is 43.3 Å². The van der Waals surface area contributed by atoms with Gasteiger partial charge in [0.25, 0.3) is 5.91 Å². The number of benzene rings is 2. The van der Waals surface area contributed by atoms with Gasteiger partial charge in [-0.2, -0.15) is 0 Å². The largest absolute Gasteiger partial charge is 0.454 e. The SMILES string of the molecule is CC1CCN(C(=O)COC(=O)CNC(=O)OCc2ccccc2)CCCC1Cc1ccc(-c2cc3nccc(Oc4ccc(NC(=O)NC5CC5)cc4F)c3s2)nc1. The van der Waals surface area contributed by atoms with Gasteiger partial charge in [0, 0.05) is 49.3 Å². The Labute approximate surface area is 339 Å². The number of anilines is 1. The van der Waals surface area contributed by atoms with Gasteiger partial charge >= 0.3 is 18.1 Å². The number of aromatic nitrogens is 2. The Morgan fingerprint density at radius 1 is 0.897 bits per heavy atom. The Bertz CT molecular complexity index is 2230. The number of amides is 4. The molecule has 58 heavy (non-hydrogen) atoms. The average Bonchev–Trinajstić information content (AvgIpc) is 3.93. The lowest BCUT2D eigenvalue weighted by Gasteiger charge is -2.32. The molecule has 0 bridgehead atoms. The number of urea groups is 1. The molecule has 2 aliphatic rings. The van der Waals surface area contributed by atoms with Gasteiger partial charge in [-0.15, -0.1) is 11.3 Å². The van der Waals surface area contributed by atoms with E-state index in [4.69, 9.17) is 19.2 Å². The van der Waals surface area contributed by atoms with Crippen molar-refractivity contribution < 1.29 is 37.8 Å². The smallest absolute Gasteiger partial charge is 0.407 e. The predicted molar refractivity (Wildman–Crippen MR) is 217 cm³/mol. The van der Waals surface area contributed by atoms with Gasteiger partial charge in [0.05, 0.1) is 20.8 Å². The van der Waals surface area contributed by atoms with Crippen LogP contribution in [0, 0.1) is 17.7 Å². The van der Waals surface area contributed by atoms with E-state index < -0.39 is 24.4 Å². The van der Waals surface area contributed by atoms with E-state index in [2.05, 4.69) is 33.9 Å². The van der Waals surface area contributed by atoms with Crippen molar-refractivity contribution in [1.29, 1.82) is 0 Å². The number of halogens is 1. The zero-order chi connectivity index (χ0) is 40.4. The molecule has 7 rings (SSSR count). The molecular formula is C43H45FN6O7S. The number of likely N-dealkylation sites (tertiary alicyclic amines) is 1. The third-order valence-electron chi connectivity index (χ3n) is 10.2. The van der Waals surface area contributed by atoms with Crippen LogP contribution in [0.2, 0.25) is 0 Å². The summed E-state index contributed by atoms with van der Waals surface area (Å²) >= 11 is 1.46. The number of nitrogens with zero attached hydrogens (tertiary/aromatic N) is 3. The highest BCUT2D eigenvalue weighted by Crippen LogP contribution is 2.39. The fourth-order valence-electron chi connectivity index (χ4n) is 6.77. The zero-order valence-corrected chi connectivity index (χ0v) is 32.9. The summed E-state index contributed by atoms with van der Waals surface area (Å²) < 4.78 is 32.0. The molecule has 0 radical (unpaired) electrons. The molecule has 2 aromatic carbocycles. The fourth-order valence-corrected chi connectivity index (χ4v) is 7.81. The lowest BCUT2D eigenvalue weighted by Crippen LogP contribution is -2.40. The van der Waals surface area contributed by atoms with Gasteiger partial charge in [0.1, 0.15) is 18.9 Å². The number of rotatable bonds is 13. The van der Waals surface area contributed by atoms with Crippen LogP contribution in [-0.2, 0) is 32.1 Å². The van der Waals surface area contributed by atoms with Crippen LogP contribution in [0.15, 0.2) is 85.2 Å². The number of nitrogens with one attached hydrogen (secondary N) is 3. The van der Waals surface area contributed by atoms with Crippen molar-refractivity contribution in [1.82, 2.24) is 25.5 Å². The molecule has 1 saturated carbocycles. The minimum atomic E-state index is -0.745. The van der Waals surface area contributed by atoms with Crippen LogP contribution < -0.4 is 20.7 Å². The van der Waals surface area contributed by atoms with E-state index in [1.54, 1.807) is 23.2 Å². The molecule has 1 aliphatic carbocycles. The highest BCUT2D eigenvalue weighted by molar-refractivity contribution is 7.22. The van der Waals surface area contributed by atoms with Crippen molar-refractivity contribution in [2.24, 2.45) is 11.8 Å². The van der Waals surface area contributed by atoms with Crippen LogP contribution in [0.1, 0.15) is 50.2 Å². The van der Waals surface area contributed by atoms with Crippen LogP contribution in [0.3, 0.4) is 0 Å². The molecular weight excluding hydrogens is 764 g/mol. The summed E-state index contributed by atoms with van der Waals surface area (Å²) in [6.45, 7) is 2.64. The molecule has 0 spiro atoms. The van der Waals surface area contributed by atoms with Gasteiger partial charge in [-0.25, -0.2) is 14.0 Å². The molecule has 302 valence electrons. The molecule has 4 heterocycles. The van der Waals surface area contributed by atoms with Crippen LogP contribution in [0.25, 0.3) is 20.8 Å². The Balaban J connectivity index is 0.865. The molecule has 5 aromatic rings. The number of carbonyl (C=O) groups excluding carboxylic acids is 4. The number of pyridine rings is 2. The van der Waals surface area contributed by atoms with Gasteiger partial charge in [0.2, 0.25) is 0 Å². The Hall–Kier alpha value is -6.09. The highest BCUT2D eigenvalue weighted by atomic mass is 32.1. The summed E-state index contributed by atoms with van der Waals surface area (Å²) in [6, 6.07) is 21.1. The van der Waals surface area contributed by atoms with Crippen LogP contribution in [-0.4, -0.2) is 71.2 Å². The average molecular weight is 809 g/mol. The van der Waals surface area contributed by atoms with E-state index in [1.807, 2.05) is 48.7 Å². The molecule has 1 saturated heterocycles. The number of thiophene rings is 1. The minimum absolute atomic E-state index is 0.0340. The van der Waals surface area contributed by atoms with Gasteiger partial charge < -0.3 is 35.1 Å². The summed E-state index contributed by atoms with van der Waals surface area (Å²) in [5.41, 5.74) is 3.79. The second kappa shape index (κ2) is 18.9. The third-order valence-corrected chi connectivity index (χ3v) is 11.4. The second-order valence-corrected chi connectivity index (χ2v) is 15.7. The first kappa shape index (κ1) is 40.1. The van der Waals surface area contributed by atoms with E-state index >= 15 is 4.39 Å². The normalized spacial score (nSPS) is 16.8. The number of hydrogen-bond donors (Lipinski definition) is 3. The minimum Gasteiger partial charge on any atom is -0.454 e. The predicted octanol–water partition coefficient (Wildman–Crippen LogP) is 7.85. The standard InChI is InChI=1S/C43H45FN6O7S/c1-27-16-19-50(39(51)26-55-40(52)24-47-43(54)56-25-28-6-3-2-4-7-28)18-5-8-30(27)20-29-9-13-34(46-23-29)38-22-35-41(58-38)37(15-17-45-35)57-36-14-12-32(21-33(36)44)49-42(53)48-31-10-11-31/h2-4,6-7,9,12-15,17,21-23,27,30-31H,5,8,10-11,16,18-20,24-26H2,1H3,(H,47,54)(H2,48,49,53). The summed E-state index contributed by atoms with van der Waals surface area (Å²) in [7, 11) is 0. The first-order chi connectivity index (χ1) is 28.2. The Kier molecular flexibility index (Phi) is 13.1. The first-order valence-corrected chi connectivity index (χ1v) is 20.2. The molecule has 2 atom stereocenters. The molecule has 2 unspecified atom stereocenters. The van der Waals surface area contributed by atoms with E-state index in [1.165, 1.54) is 23.5 Å². The molecule has 3 N–H and O–H groups in total. The van der Waals surface area contributed by atoms with Crippen LogP contribution in [0.4, 0.5) is 19.7 Å². The monoisotopic (exact) mass is 808 g/mol. The molecule has 4 amide bonds. The van der Waals surface area contributed by atoms with Crippen molar-refractivity contribution in [3.63, 3.8) is 0 Å². The molecule has 2 fully saturated rings. The summed E-state index contributed by atoms with van der Waals surface area (Å²) in [4.78, 5) is 61.0. The van der Waals surface area contributed by atoms with Crippen molar-refractivity contribution in [2.75, 3.05) is 31.6 Å². The maximum absolute atomic E-state index is 15.0. The van der Waals surface area contributed by atoms with E-state index in [9.17, 15) is 19.2 Å². The number of esters is 1. The highest BCUT2D eigenvalue weighted by Gasteiger charge is 2.26. The number of carbonyl (C=O) groups is 4. The number of alkyl carbamates (subject to hydrolysis) is 1. The second-order valence-electron chi connectivity index (χ2n) is 14.6. The van der Waals surface area contributed by atoms with Gasteiger partial charge in [0.15, 0.2) is 18.2 Å². The van der Waals surface area contributed by atoms with Crippen LogP contribution >= 0.6 is 11.3 Å². The number of ether oxygens (including phenoxy) is 3. The topological polar surface area (TPSA) is 161 Å². The number of hydrogen-bond acceptors (Lipinski definition) is 10. The summed E-state index contributed by atoms with van der Waals surface area (Å²) in [6.07, 6.45) is 8.12. The first-order valence-electron chi connectivity index (χ1n) is 19.4. The van der Waals surface area contributed by atoms with E-state index in [0.717, 1.165) is 64.9 Å². The Morgan fingerprint density at radius 3 is 2.52 bits per heavy atom. The lowest BCUT2D eigenvalue weighted by molar-refractivity contribution is -0.151. The van der Waals surface area contributed by atoms with E-state index in [0.29, 0.717) is 41.9 Å². The van der Waals surface area contributed by atoms with Crippen LogP contribution in [0.5, 0.6) is 11.5 Å².